The molecule has 0 amide bonds. The zero-order valence-corrected chi connectivity index (χ0v) is 7.03. The van der Waals surface area contributed by atoms with Crippen molar-refractivity contribution in [1.82, 2.24) is 0 Å². The van der Waals surface area contributed by atoms with Gasteiger partial charge in [-0.05, 0) is 31.7 Å². The van der Waals surface area contributed by atoms with Gasteiger partial charge in [0.25, 0.3) is 0 Å². The minimum Gasteiger partial charge on any atom is -0.381 e. The molecule has 1 heterocycles. The van der Waals surface area contributed by atoms with Gasteiger partial charge < -0.3 is 10.5 Å². The maximum Gasteiger partial charge on any atom is 0.0469 e. The van der Waals surface area contributed by atoms with Crippen LogP contribution >= 0.6 is 12.4 Å². The first-order valence-corrected chi connectivity index (χ1v) is 3.71. The topological polar surface area (TPSA) is 35.2 Å². The number of nitrogens with two attached hydrogens (primary N) is 1. The lowest BCUT2D eigenvalue weighted by atomic mass is 10.0. The van der Waals surface area contributed by atoms with E-state index in [0.29, 0.717) is 0 Å². The molecular formula is C7H16ClNO. The van der Waals surface area contributed by atoms with Crippen molar-refractivity contribution in [2.75, 3.05) is 19.8 Å². The van der Waals surface area contributed by atoms with Crippen molar-refractivity contribution in [1.29, 1.82) is 0 Å². The van der Waals surface area contributed by atoms with Crippen molar-refractivity contribution in [3.8, 4) is 0 Å². The summed E-state index contributed by atoms with van der Waals surface area (Å²) in [6, 6.07) is 0. The van der Waals surface area contributed by atoms with Gasteiger partial charge in [0.05, 0.1) is 0 Å². The molecular weight excluding hydrogens is 150 g/mol. The van der Waals surface area contributed by atoms with Crippen LogP contribution in [-0.4, -0.2) is 19.8 Å². The highest BCUT2D eigenvalue weighted by Crippen LogP contribution is 2.13. The van der Waals surface area contributed by atoms with Gasteiger partial charge in [-0.25, -0.2) is 0 Å². The fourth-order valence-electron chi connectivity index (χ4n) is 1.21. The van der Waals surface area contributed by atoms with Crippen LogP contribution in [0, 0.1) is 5.92 Å². The van der Waals surface area contributed by atoms with Crippen LogP contribution in [-0.2, 0) is 4.74 Å². The minimum atomic E-state index is 0. The van der Waals surface area contributed by atoms with Crippen LogP contribution in [0.15, 0.2) is 0 Å². The molecule has 1 fully saturated rings. The summed E-state index contributed by atoms with van der Waals surface area (Å²) >= 11 is 0. The Morgan fingerprint density at radius 2 is 2.10 bits per heavy atom. The molecule has 1 aliphatic rings. The number of rotatable bonds is 1. The van der Waals surface area contributed by atoms with Crippen LogP contribution in [0.5, 0.6) is 0 Å². The lowest BCUT2D eigenvalue weighted by Gasteiger charge is -2.07. The normalized spacial score (nSPS) is 26.7. The van der Waals surface area contributed by atoms with E-state index in [-0.39, 0.29) is 12.4 Å². The molecule has 0 radical (unpaired) electrons. The molecule has 2 N–H and O–H groups in total. The first-order chi connectivity index (χ1) is 4.43. The quantitative estimate of drug-likeness (QED) is 0.634. The van der Waals surface area contributed by atoms with E-state index >= 15 is 0 Å². The smallest absolute Gasteiger partial charge is 0.0469 e. The van der Waals surface area contributed by atoms with Gasteiger partial charge in [-0.2, -0.15) is 0 Å². The van der Waals surface area contributed by atoms with Crippen molar-refractivity contribution in [3.63, 3.8) is 0 Å². The van der Waals surface area contributed by atoms with E-state index in [4.69, 9.17) is 10.5 Å². The fourth-order valence-corrected chi connectivity index (χ4v) is 1.21. The van der Waals surface area contributed by atoms with Gasteiger partial charge in [-0.15, -0.1) is 12.4 Å². The van der Waals surface area contributed by atoms with Gasteiger partial charge in [-0.3, -0.25) is 0 Å². The Bertz CT molecular complexity index is 72.0. The van der Waals surface area contributed by atoms with E-state index in [1.54, 1.807) is 0 Å². The average Bonchev–Trinajstić information content (AvgIpc) is 2.13. The van der Waals surface area contributed by atoms with Crippen molar-refractivity contribution in [2.24, 2.45) is 11.7 Å². The zero-order valence-electron chi connectivity index (χ0n) is 6.21. The molecule has 0 aromatic heterocycles. The van der Waals surface area contributed by atoms with E-state index in [1.807, 2.05) is 0 Å². The molecule has 0 aromatic carbocycles. The van der Waals surface area contributed by atoms with Gasteiger partial charge in [-0.1, -0.05) is 0 Å². The highest BCUT2D eigenvalue weighted by Gasteiger charge is 2.09. The molecule has 1 atom stereocenters. The molecule has 0 aliphatic carbocycles. The third-order valence-corrected chi connectivity index (χ3v) is 1.90. The summed E-state index contributed by atoms with van der Waals surface area (Å²) in [7, 11) is 0. The first-order valence-electron chi connectivity index (χ1n) is 3.71. The molecule has 1 unspecified atom stereocenters. The summed E-state index contributed by atoms with van der Waals surface area (Å²) in [4.78, 5) is 0. The van der Waals surface area contributed by atoms with Crippen molar-refractivity contribution in [3.05, 3.63) is 0 Å². The van der Waals surface area contributed by atoms with Crippen LogP contribution < -0.4 is 5.73 Å². The van der Waals surface area contributed by atoms with Crippen molar-refractivity contribution in [2.45, 2.75) is 19.3 Å². The second kappa shape index (κ2) is 5.96. The Hall–Kier alpha value is 0.210. The molecule has 1 rings (SSSR count). The van der Waals surface area contributed by atoms with E-state index in [0.717, 1.165) is 32.1 Å². The molecule has 0 saturated carbocycles. The summed E-state index contributed by atoms with van der Waals surface area (Å²) < 4.78 is 5.27. The summed E-state index contributed by atoms with van der Waals surface area (Å²) in [5.41, 5.74) is 5.52. The average molecular weight is 166 g/mol. The third-order valence-electron chi connectivity index (χ3n) is 1.90. The maximum atomic E-state index is 5.52. The van der Waals surface area contributed by atoms with Crippen molar-refractivity contribution >= 4 is 12.4 Å². The van der Waals surface area contributed by atoms with Crippen LogP contribution in [0.2, 0.25) is 0 Å². The summed E-state index contributed by atoms with van der Waals surface area (Å²) in [5.74, 6) is 0.729. The second-order valence-corrected chi connectivity index (χ2v) is 2.65. The van der Waals surface area contributed by atoms with E-state index < -0.39 is 0 Å². The number of hydrogen-bond acceptors (Lipinski definition) is 2. The Balaban J connectivity index is 0.000000810. The molecule has 62 valence electrons. The first kappa shape index (κ1) is 10.2. The number of halogens is 1. The highest BCUT2D eigenvalue weighted by atomic mass is 35.5. The summed E-state index contributed by atoms with van der Waals surface area (Å²) in [6.07, 6.45) is 3.62. The van der Waals surface area contributed by atoms with Gasteiger partial charge in [0, 0.05) is 13.2 Å². The van der Waals surface area contributed by atoms with Gasteiger partial charge in [0.2, 0.25) is 0 Å². The molecule has 0 spiro atoms. The SMILES string of the molecule is Cl.NCC1CCCOCC1. The largest absolute Gasteiger partial charge is 0.381 e. The maximum absolute atomic E-state index is 5.52. The number of hydrogen-bond donors (Lipinski definition) is 1. The third kappa shape index (κ3) is 3.40. The number of ether oxygens (including phenoxy) is 1. The summed E-state index contributed by atoms with van der Waals surface area (Å²) in [5, 5.41) is 0. The minimum absolute atomic E-state index is 0. The Morgan fingerprint density at radius 1 is 1.30 bits per heavy atom. The zero-order chi connectivity index (χ0) is 6.53. The van der Waals surface area contributed by atoms with Crippen LogP contribution in [0.1, 0.15) is 19.3 Å². The van der Waals surface area contributed by atoms with Gasteiger partial charge >= 0.3 is 0 Å². The predicted molar refractivity (Wildman–Crippen MR) is 44.5 cm³/mol. The van der Waals surface area contributed by atoms with Gasteiger partial charge in [0.1, 0.15) is 0 Å². The van der Waals surface area contributed by atoms with Crippen molar-refractivity contribution < 1.29 is 4.74 Å². The van der Waals surface area contributed by atoms with E-state index in [2.05, 4.69) is 0 Å². The van der Waals surface area contributed by atoms with Crippen LogP contribution in [0.3, 0.4) is 0 Å². The lowest BCUT2D eigenvalue weighted by Crippen LogP contribution is -2.14. The predicted octanol–water partition coefficient (Wildman–Crippen LogP) is 1.18. The monoisotopic (exact) mass is 165 g/mol. The lowest BCUT2D eigenvalue weighted by molar-refractivity contribution is 0.142. The molecule has 1 aliphatic heterocycles. The highest BCUT2D eigenvalue weighted by molar-refractivity contribution is 5.85. The Morgan fingerprint density at radius 3 is 2.80 bits per heavy atom. The summed E-state index contributed by atoms with van der Waals surface area (Å²) in [6.45, 7) is 2.70. The Kier molecular flexibility index (Phi) is 6.08. The molecule has 10 heavy (non-hydrogen) atoms. The van der Waals surface area contributed by atoms with E-state index in [1.165, 1.54) is 12.8 Å². The van der Waals surface area contributed by atoms with Gasteiger partial charge in [0.15, 0.2) is 0 Å². The standard InChI is InChI=1S/C7H15NO.ClH/c8-6-7-2-1-4-9-5-3-7;/h7H,1-6,8H2;1H. The van der Waals surface area contributed by atoms with Crippen LogP contribution in [0.25, 0.3) is 0 Å². The Labute approximate surface area is 68.5 Å². The molecule has 2 nitrogen and oxygen atoms in total. The second-order valence-electron chi connectivity index (χ2n) is 2.65. The molecule has 3 heteroatoms. The van der Waals surface area contributed by atoms with E-state index in [9.17, 15) is 0 Å². The molecule has 1 saturated heterocycles. The van der Waals surface area contributed by atoms with Crippen LogP contribution in [0.4, 0.5) is 0 Å². The fraction of sp³-hybridized carbons (Fsp3) is 1.00. The molecule has 0 aromatic rings. The molecule has 0 bridgehead atoms.